The Hall–Kier alpha value is -0.400. The fraction of sp³-hybridized carbons (Fsp3) is 0.360. The van der Waals surface area contributed by atoms with Gasteiger partial charge in [0.15, 0.2) is 0 Å². The Morgan fingerprint density at radius 2 is 1.31 bits per heavy atom. The fourth-order valence-electron chi connectivity index (χ4n) is 5.89. The van der Waals surface area contributed by atoms with Gasteiger partial charge in [0, 0.05) is 0 Å². The molecule has 0 nitrogen and oxygen atoms in total. The van der Waals surface area contributed by atoms with E-state index in [-0.39, 0.29) is 24.8 Å². The van der Waals surface area contributed by atoms with E-state index < -0.39 is 17.4 Å². The van der Waals surface area contributed by atoms with Gasteiger partial charge < -0.3 is 0 Å². The van der Waals surface area contributed by atoms with Crippen LogP contribution >= 0.6 is 24.8 Å². The van der Waals surface area contributed by atoms with E-state index >= 15 is 0 Å². The first kappa shape index (κ1) is 24.9. The van der Waals surface area contributed by atoms with Gasteiger partial charge in [0.2, 0.25) is 0 Å². The molecule has 29 heavy (non-hydrogen) atoms. The third kappa shape index (κ3) is 3.96. The van der Waals surface area contributed by atoms with Crippen molar-refractivity contribution in [3.63, 3.8) is 0 Å². The van der Waals surface area contributed by atoms with Crippen LogP contribution in [0.3, 0.4) is 0 Å². The smallest absolute Gasteiger partial charge is 0.147 e. The molecule has 0 spiro atoms. The van der Waals surface area contributed by atoms with Gasteiger partial charge in [0.1, 0.15) is 0 Å². The number of allylic oxidation sites excluding steroid dienone is 2. The van der Waals surface area contributed by atoms with Gasteiger partial charge >= 0.3 is 168 Å². The summed E-state index contributed by atoms with van der Waals surface area (Å²) in [6.07, 6.45) is 6.20. The summed E-state index contributed by atoms with van der Waals surface area (Å²) in [5.74, 6) is 0.602. The number of hydrogen-bond donors (Lipinski definition) is 0. The summed E-state index contributed by atoms with van der Waals surface area (Å²) in [5.41, 5.74) is 9.50. The Labute approximate surface area is 191 Å². The zero-order valence-electron chi connectivity index (χ0n) is 18.2. The van der Waals surface area contributed by atoms with Crippen LogP contribution in [0.4, 0.5) is 0 Å². The molecule has 0 N–H and O–H groups in total. The molecule has 2 aromatic carbocycles. The molecule has 0 fully saturated rings. The Morgan fingerprint density at radius 1 is 0.828 bits per heavy atom. The van der Waals surface area contributed by atoms with Crippen LogP contribution in [0.25, 0.3) is 12.2 Å². The minimum atomic E-state index is -3.28. The van der Waals surface area contributed by atoms with E-state index in [0.29, 0.717) is 13.2 Å². The summed E-state index contributed by atoms with van der Waals surface area (Å²) >= 11 is -3.28. The first-order valence-corrected chi connectivity index (χ1v) is 24.1. The zero-order valence-corrected chi connectivity index (χ0v) is 23.7. The second-order valence-corrected chi connectivity index (χ2v) is 40.4. The Bertz CT molecular complexity index is 1040. The minimum absolute atomic E-state index is 0. The summed E-state index contributed by atoms with van der Waals surface area (Å²) in [6.45, 7) is 9.57. The summed E-state index contributed by atoms with van der Waals surface area (Å²) in [5, 5.41) is 0. The minimum Gasteiger partial charge on any atom is -0.147 e. The van der Waals surface area contributed by atoms with Gasteiger partial charge in [-0.1, -0.05) is 0 Å². The van der Waals surface area contributed by atoms with Crippen molar-refractivity contribution in [2.75, 3.05) is 0 Å². The predicted octanol–water partition coefficient (Wildman–Crippen LogP) is 7.51. The topological polar surface area (TPSA) is 0 Å². The molecule has 0 saturated heterocycles. The third-order valence-electron chi connectivity index (χ3n) is 6.95. The largest absolute Gasteiger partial charge is 0.147 e. The molecule has 2 aliphatic rings. The Morgan fingerprint density at radius 3 is 1.83 bits per heavy atom. The predicted molar refractivity (Wildman–Crippen MR) is 134 cm³/mol. The van der Waals surface area contributed by atoms with Gasteiger partial charge in [-0.05, 0) is 0 Å². The van der Waals surface area contributed by atoms with Crippen LogP contribution in [0.15, 0.2) is 59.7 Å². The fourth-order valence-corrected chi connectivity index (χ4v) is 26.0. The standard InChI is InChI=1S/C12H13.C11H11.2CH3.2ClH.H2Si.Zr/c1-9(2)12-7-10-5-3-4-6-11(10)8-12;1-2-9-7-10-5-3-4-6-11(10)8-9;;;;;;/h3-9H,1-2H3;3-8H,2H2,1H3;2*1H3;2*1H;1H2;. The first-order valence-electron chi connectivity index (χ1n) is 10.4. The van der Waals surface area contributed by atoms with Crippen LogP contribution in [0.5, 0.6) is 0 Å². The average Bonchev–Trinajstić information content (AvgIpc) is 3.21. The van der Waals surface area contributed by atoms with E-state index in [0.717, 1.165) is 6.42 Å². The molecule has 0 amide bonds. The number of fused-ring (bicyclic) bond motifs is 2. The molecule has 0 bridgehead atoms. The van der Waals surface area contributed by atoms with Crippen molar-refractivity contribution >= 4 is 43.8 Å². The van der Waals surface area contributed by atoms with Gasteiger partial charge in [-0.15, -0.1) is 24.8 Å². The Kier molecular flexibility index (Phi) is 7.39. The molecule has 2 aliphatic carbocycles. The number of hydrogen-bond acceptors (Lipinski definition) is 0. The maximum atomic E-state index is 2.74. The van der Waals surface area contributed by atoms with E-state index in [1.807, 2.05) is 0 Å². The monoisotopic (exact) mass is 522 g/mol. The third-order valence-corrected chi connectivity index (χ3v) is 24.4. The molecule has 0 saturated carbocycles. The van der Waals surface area contributed by atoms with Crippen molar-refractivity contribution < 1.29 is 17.4 Å². The summed E-state index contributed by atoms with van der Waals surface area (Å²) in [4.78, 5) is 0. The van der Waals surface area contributed by atoms with E-state index in [2.05, 4.69) is 97.6 Å². The van der Waals surface area contributed by atoms with E-state index in [9.17, 15) is 0 Å². The van der Waals surface area contributed by atoms with Crippen molar-refractivity contribution in [2.45, 2.75) is 43.7 Å². The van der Waals surface area contributed by atoms with Gasteiger partial charge in [0.25, 0.3) is 0 Å². The number of benzene rings is 2. The van der Waals surface area contributed by atoms with Crippen LogP contribution in [-0.2, 0) is 17.4 Å². The maximum Gasteiger partial charge on any atom is -0.147 e. The van der Waals surface area contributed by atoms with Crippen molar-refractivity contribution in [1.82, 2.24) is 0 Å². The Balaban J connectivity index is 0.00000150. The second-order valence-electron chi connectivity index (χ2n) is 9.93. The molecule has 2 atom stereocenters. The first-order chi connectivity index (χ1) is 12.7. The van der Waals surface area contributed by atoms with Crippen LogP contribution in [0, 0.1) is 5.92 Å². The SMILES string of the molecule is CCC1=Cc2ccccc2[CH]1[Zr]([CH3])([CH3])(=[SiH2])[CH]1C(C(C)C)=Cc2ccccc21.Cl.Cl. The van der Waals surface area contributed by atoms with E-state index in [1.165, 1.54) is 11.1 Å². The normalized spacial score (nSPS) is 20.2. The number of rotatable bonds is 4. The van der Waals surface area contributed by atoms with Crippen LogP contribution in [-0.4, -0.2) is 6.88 Å². The molecule has 0 heterocycles. The van der Waals surface area contributed by atoms with Gasteiger partial charge in [-0.25, -0.2) is 0 Å². The second kappa shape index (κ2) is 8.62. The van der Waals surface area contributed by atoms with E-state index in [1.54, 1.807) is 22.3 Å². The van der Waals surface area contributed by atoms with Crippen molar-refractivity contribution in [2.24, 2.45) is 5.92 Å². The van der Waals surface area contributed by atoms with Gasteiger partial charge in [-0.3, -0.25) is 0 Å². The van der Waals surface area contributed by atoms with Gasteiger partial charge in [0.05, 0.1) is 0 Å². The van der Waals surface area contributed by atoms with E-state index in [4.69, 9.17) is 0 Å². The molecule has 4 heteroatoms. The van der Waals surface area contributed by atoms with Crippen molar-refractivity contribution in [1.29, 1.82) is 0 Å². The molecule has 2 aromatic rings. The molecule has 0 aromatic heterocycles. The maximum absolute atomic E-state index is 3.28. The van der Waals surface area contributed by atoms with Crippen molar-refractivity contribution in [3.8, 4) is 0 Å². The average molecular weight is 525 g/mol. The molecule has 0 radical (unpaired) electrons. The van der Waals surface area contributed by atoms with Crippen LogP contribution < -0.4 is 0 Å². The van der Waals surface area contributed by atoms with Crippen molar-refractivity contribution in [3.05, 3.63) is 81.9 Å². The van der Waals surface area contributed by atoms with Gasteiger partial charge in [-0.2, -0.15) is 0 Å². The summed E-state index contributed by atoms with van der Waals surface area (Å²) in [7, 11) is 0. The summed E-state index contributed by atoms with van der Waals surface area (Å²) in [6, 6.07) is 18.4. The molecule has 4 rings (SSSR count). The van der Waals surface area contributed by atoms with Crippen LogP contribution in [0.1, 0.15) is 56.7 Å². The molecular weight excluding hydrogens is 490 g/mol. The van der Waals surface area contributed by atoms with Crippen LogP contribution in [0.2, 0.25) is 9.26 Å². The quantitative estimate of drug-likeness (QED) is 0.363. The molecular formula is C25H34Cl2SiZr. The summed E-state index contributed by atoms with van der Waals surface area (Å²) < 4.78 is 6.77. The zero-order chi connectivity index (χ0) is 19.4. The molecule has 0 aliphatic heterocycles. The molecule has 2 unspecified atom stereocenters. The molecule has 156 valence electrons. The number of halogens is 2.